The highest BCUT2D eigenvalue weighted by Gasteiger charge is 2.09. The predicted octanol–water partition coefficient (Wildman–Crippen LogP) is 0.320. The fourth-order valence-corrected chi connectivity index (χ4v) is 0.909. The van der Waals surface area contributed by atoms with Crippen molar-refractivity contribution in [3.05, 3.63) is 0 Å². The molecular weight excluding hydrogens is 200 g/mol. The SMILES string of the molecule is CCNc1nc(NO)nc(N(O)CC)n1. The fraction of sp³-hybridized carbons (Fsp3) is 0.571. The lowest BCUT2D eigenvalue weighted by molar-refractivity contribution is 0.253. The quantitative estimate of drug-likeness (QED) is 0.519. The predicted molar refractivity (Wildman–Crippen MR) is 54.2 cm³/mol. The van der Waals surface area contributed by atoms with Gasteiger partial charge in [0.2, 0.25) is 5.95 Å². The maximum atomic E-state index is 9.39. The van der Waals surface area contributed by atoms with E-state index in [0.29, 0.717) is 13.1 Å². The van der Waals surface area contributed by atoms with Crippen LogP contribution in [0, 0.1) is 0 Å². The summed E-state index contributed by atoms with van der Waals surface area (Å²) in [6.45, 7) is 4.58. The molecule has 1 heterocycles. The average molecular weight is 214 g/mol. The van der Waals surface area contributed by atoms with Crippen molar-refractivity contribution in [2.45, 2.75) is 13.8 Å². The number of anilines is 3. The summed E-state index contributed by atoms with van der Waals surface area (Å²) >= 11 is 0. The molecule has 8 nitrogen and oxygen atoms in total. The van der Waals surface area contributed by atoms with Crippen molar-refractivity contribution in [3.63, 3.8) is 0 Å². The first-order valence-electron chi connectivity index (χ1n) is 4.57. The molecule has 0 saturated carbocycles. The first kappa shape index (κ1) is 11.4. The summed E-state index contributed by atoms with van der Waals surface area (Å²) in [7, 11) is 0. The molecule has 0 aliphatic carbocycles. The monoisotopic (exact) mass is 214 g/mol. The van der Waals surface area contributed by atoms with E-state index in [1.165, 1.54) is 0 Å². The van der Waals surface area contributed by atoms with E-state index in [2.05, 4.69) is 20.3 Å². The Kier molecular flexibility index (Phi) is 4.01. The van der Waals surface area contributed by atoms with E-state index in [0.717, 1.165) is 5.06 Å². The van der Waals surface area contributed by atoms with Crippen LogP contribution in [-0.2, 0) is 0 Å². The standard InChI is InChI=1S/C7H14N6O2/c1-3-8-5-9-6(12-14)11-7(10-5)13(15)4-2/h14-15H,3-4H2,1-2H3,(H2,8,9,10,11,12). The number of hydroxylamine groups is 1. The molecule has 0 unspecified atom stereocenters. The lowest BCUT2D eigenvalue weighted by atomic mass is 10.7. The molecule has 0 aliphatic rings. The number of rotatable bonds is 5. The molecule has 0 fully saturated rings. The summed E-state index contributed by atoms with van der Waals surface area (Å²) in [5.41, 5.74) is 1.81. The Morgan fingerprint density at radius 1 is 1.20 bits per heavy atom. The second-order valence-corrected chi connectivity index (χ2v) is 2.64. The van der Waals surface area contributed by atoms with Gasteiger partial charge in [-0.2, -0.15) is 15.0 Å². The Morgan fingerprint density at radius 3 is 2.40 bits per heavy atom. The highest BCUT2D eigenvalue weighted by atomic mass is 16.5. The minimum absolute atomic E-state index is 0.0246. The zero-order chi connectivity index (χ0) is 11.3. The molecule has 0 atom stereocenters. The van der Waals surface area contributed by atoms with Gasteiger partial charge >= 0.3 is 0 Å². The summed E-state index contributed by atoms with van der Waals surface area (Å²) in [5.74, 6) is 0.329. The van der Waals surface area contributed by atoms with Gasteiger partial charge < -0.3 is 5.32 Å². The molecule has 0 amide bonds. The molecular formula is C7H14N6O2. The molecule has 0 spiro atoms. The summed E-state index contributed by atoms with van der Waals surface area (Å²) < 4.78 is 0. The Morgan fingerprint density at radius 2 is 1.87 bits per heavy atom. The van der Waals surface area contributed by atoms with Crippen molar-refractivity contribution in [2.24, 2.45) is 0 Å². The molecule has 0 bridgehead atoms. The van der Waals surface area contributed by atoms with Gasteiger partial charge in [0.15, 0.2) is 0 Å². The minimum Gasteiger partial charge on any atom is -0.354 e. The zero-order valence-electron chi connectivity index (χ0n) is 8.60. The van der Waals surface area contributed by atoms with Crippen molar-refractivity contribution in [1.29, 1.82) is 0 Å². The highest BCUT2D eigenvalue weighted by Crippen LogP contribution is 2.11. The number of aromatic nitrogens is 3. The molecule has 0 saturated heterocycles. The van der Waals surface area contributed by atoms with Crippen molar-refractivity contribution in [1.82, 2.24) is 15.0 Å². The third kappa shape index (κ3) is 2.89. The van der Waals surface area contributed by atoms with Gasteiger partial charge in [-0.15, -0.1) is 0 Å². The van der Waals surface area contributed by atoms with Gasteiger partial charge in [0.25, 0.3) is 11.9 Å². The van der Waals surface area contributed by atoms with E-state index < -0.39 is 0 Å². The minimum atomic E-state index is -0.0246. The summed E-state index contributed by atoms with van der Waals surface area (Å²) in [6.07, 6.45) is 0. The largest absolute Gasteiger partial charge is 0.354 e. The van der Waals surface area contributed by atoms with Crippen LogP contribution in [0.25, 0.3) is 0 Å². The molecule has 1 aromatic rings. The Balaban J connectivity index is 2.99. The van der Waals surface area contributed by atoms with Crippen LogP contribution in [0.4, 0.5) is 17.8 Å². The van der Waals surface area contributed by atoms with Gasteiger partial charge in [-0.1, -0.05) is 0 Å². The molecule has 84 valence electrons. The second-order valence-electron chi connectivity index (χ2n) is 2.64. The zero-order valence-corrected chi connectivity index (χ0v) is 8.60. The number of hydrogen-bond acceptors (Lipinski definition) is 8. The van der Waals surface area contributed by atoms with Crippen molar-refractivity contribution in [3.8, 4) is 0 Å². The van der Waals surface area contributed by atoms with Crippen molar-refractivity contribution >= 4 is 17.8 Å². The second kappa shape index (κ2) is 5.27. The van der Waals surface area contributed by atoms with Gasteiger partial charge in [0.1, 0.15) is 0 Å². The maximum absolute atomic E-state index is 9.39. The highest BCUT2D eigenvalue weighted by molar-refractivity contribution is 5.41. The van der Waals surface area contributed by atoms with E-state index in [9.17, 15) is 5.21 Å². The van der Waals surface area contributed by atoms with E-state index in [1.54, 1.807) is 12.4 Å². The van der Waals surface area contributed by atoms with Gasteiger partial charge in [-0.3, -0.25) is 10.4 Å². The molecule has 0 radical (unpaired) electrons. The summed E-state index contributed by atoms with van der Waals surface area (Å²) in [5, 5.41) is 21.8. The number of nitrogens with zero attached hydrogens (tertiary/aromatic N) is 4. The Hall–Kier alpha value is -1.67. The molecule has 1 rings (SSSR count). The number of nitrogens with one attached hydrogen (secondary N) is 2. The van der Waals surface area contributed by atoms with E-state index >= 15 is 0 Å². The topological polar surface area (TPSA) is 106 Å². The maximum Gasteiger partial charge on any atom is 0.256 e. The van der Waals surface area contributed by atoms with Crippen molar-refractivity contribution < 1.29 is 10.4 Å². The van der Waals surface area contributed by atoms with E-state index in [1.807, 2.05) is 6.92 Å². The van der Waals surface area contributed by atoms with Crippen LogP contribution >= 0.6 is 0 Å². The average Bonchev–Trinajstić information content (AvgIpc) is 2.28. The van der Waals surface area contributed by atoms with E-state index in [4.69, 9.17) is 5.21 Å². The molecule has 1 aromatic heterocycles. The van der Waals surface area contributed by atoms with Crippen molar-refractivity contribution in [2.75, 3.05) is 28.9 Å². The summed E-state index contributed by atoms with van der Waals surface area (Å²) in [6, 6.07) is 0. The van der Waals surface area contributed by atoms with Crippen LogP contribution in [0.3, 0.4) is 0 Å². The van der Waals surface area contributed by atoms with Crippen LogP contribution in [0.5, 0.6) is 0 Å². The smallest absolute Gasteiger partial charge is 0.256 e. The van der Waals surface area contributed by atoms with E-state index in [-0.39, 0.29) is 17.8 Å². The van der Waals surface area contributed by atoms with Crippen LogP contribution in [-0.4, -0.2) is 38.5 Å². The van der Waals surface area contributed by atoms with Gasteiger partial charge in [0.05, 0.1) is 0 Å². The number of hydrogen-bond donors (Lipinski definition) is 4. The Bertz CT molecular complexity index is 320. The Labute approximate surface area is 86.9 Å². The van der Waals surface area contributed by atoms with Crippen LogP contribution in [0.15, 0.2) is 0 Å². The molecule has 8 heteroatoms. The molecule has 15 heavy (non-hydrogen) atoms. The molecule has 4 N–H and O–H groups in total. The van der Waals surface area contributed by atoms with Crippen LogP contribution < -0.4 is 15.9 Å². The van der Waals surface area contributed by atoms with Gasteiger partial charge in [0, 0.05) is 13.1 Å². The lowest BCUT2D eigenvalue weighted by Crippen LogP contribution is -2.21. The third-order valence-corrected chi connectivity index (χ3v) is 1.59. The summed E-state index contributed by atoms with van der Waals surface area (Å²) in [4.78, 5) is 11.5. The van der Waals surface area contributed by atoms with Gasteiger partial charge in [-0.05, 0) is 13.8 Å². The molecule has 0 aliphatic heterocycles. The van der Waals surface area contributed by atoms with Crippen LogP contribution in [0.1, 0.15) is 13.8 Å². The third-order valence-electron chi connectivity index (χ3n) is 1.59. The lowest BCUT2D eigenvalue weighted by Gasteiger charge is -2.13. The van der Waals surface area contributed by atoms with Gasteiger partial charge in [-0.25, -0.2) is 10.5 Å². The first-order valence-corrected chi connectivity index (χ1v) is 4.57. The normalized spacial score (nSPS) is 9.87. The molecule has 0 aromatic carbocycles. The fourth-order valence-electron chi connectivity index (χ4n) is 0.909. The van der Waals surface area contributed by atoms with Crippen LogP contribution in [0.2, 0.25) is 0 Å². The first-order chi connectivity index (χ1) is 7.21.